The maximum Gasteiger partial charge on any atom is 0.243 e. The molecule has 3 rings (SSSR count). The van der Waals surface area contributed by atoms with Crippen LogP contribution in [0, 0.1) is 0 Å². The Morgan fingerprint density at radius 3 is 2.85 bits per heavy atom. The van der Waals surface area contributed by atoms with E-state index in [4.69, 9.17) is 9.26 Å². The normalized spacial score (nSPS) is 27.6. The van der Waals surface area contributed by atoms with Crippen LogP contribution >= 0.6 is 0 Å². The Morgan fingerprint density at radius 1 is 1.30 bits per heavy atom. The minimum Gasteiger partial charge on any atom is -0.379 e. The smallest absolute Gasteiger partial charge is 0.243 e. The fourth-order valence-corrected chi connectivity index (χ4v) is 2.77. The van der Waals surface area contributed by atoms with Crippen LogP contribution in [0.25, 0.3) is 0 Å². The molecule has 3 heterocycles. The Morgan fingerprint density at radius 2 is 2.10 bits per heavy atom. The van der Waals surface area contributed by atoms with Crippen molar-refractivity contribution in [3.63, 3.8) is 0 Å². The third-order valence-corrected chi connectivity index (χ3v) is 4.22. The first-order valence-corrected chi connectivity index (χ1v) is 7.32. The van der Waals surface area contributed by atoms with E-state index in [1.165, 1.54) is 0 Å². The largest absolute Gasteiger partial charge is 0.379 e. The summed E-state index contributed by atoms with van der Waals surface area (Å²) in [4.78, 5) is 9.21. The standard InChI is InChI=1S/C13H23N5O2/c1-10(18-5-7-19-8-6-18)13-15-12(16-20-13)11-9-14-3-4-17(11)2/h10-11,14H,3-9H2,1-2H3. The first kappa shape index (κ1) is 13.9. The van der Waals surface area contributed by atoms with E-state index in [0.29, 0.717) is 5.89 Å². The Hall–Kier alpha value is -1.02. The molecule has 0 amide bonds. The van der Waals surface area contributed by atoms with Crippen molar-refractivity contribution >= 4 is 0 Å². The molecule has 2 saturated heterocycles. The van der Waals surface area contributed by atoms with Crippen LogP contribution < -0.4 is 5.32 Å². The van der Waals surface area contributed by atoms with Gasteiger partial charge in [-0.25, -0.2) is 0 Å². The molecule has 2 atom stereocenters. The van der Waals surface area contributed by atoms with Crippen LogP contribution in [0.15, 0.2) is 4.52 Å². The molecule has 0 saturated carbocycles. The number of morpholine rings is 1. The van der Waals surface area contributed by atoms with Crippen LogP contribution in [-0.2, 0) is 4.74 Å². The summed E-state index contributed by atoms with van der Waals surface area (Å²) in [5, 5.41) is 7.56. The fourth-order valence-electron chi connectivity index (χ4n) is 2.77. The molecular formula is C13H23N5O2. The molecule has 112 valence electrons. The summed E-state index contributed by atoms with van der Waals surface area (Å²) in [6.45, 7) is 8.41. The fraction of sp³-hybridized carbons (Fsp3) is 0.846. The molecule has 2 fully saturated rings. The number of nitrogens with zero attached hydrogens (tertiary/aromatic N) is 4. The van der Waals surface area contributed by atoms with E-state index in [2.05, 4.69) is 39.2 Å². The lowest BCUT2D eigenvalue weighted by atomic mass is 10.2. The molecule has 20 heavy (non-hydrogen) atoms. The lowest BCUT2D eigenvalue weighted by molar-refractivity contribution is 0.0134. The van der Waals surface area contributed by atoms with Gasteiger partial charge in [0.25, 0.3) is 0 Å². The number of ether oxygens (including phenoxy) is 1. The SMILES string of the molecule is CC(c1nc(C2CNCCN2C)no1)N1CCOCC1. The third kappa shape index (κ3) is 2.85. The van der Waals surface area contributed by atoms with Crippen molar-refractivity contribution in [2.45, 2.75) is 19.0 Å². The van der Waals surface area contributed by atoms with Crippen LogP contribution in [0.5, 0.6) is 0 Å². The van der Waals surface area contributed by atoms with Crippen molar-refractivity contribution in [3.8, 4) is 0 Å². The molecule has 2 aliphatic heterocycles. The minimum absolute atomic E-state index is 0.155. The zero-order valence-electron chi connectivity index (χ0n) is 12.2. The Bertz CT molecular complexity index is 432. The lowest BCUT2D eigenvalue weighted by Crippen LogP contribution is -2.44. The van der Waals surface area contributed by atoms with Gasteiger partial charge in [-0.3, -0.25) is 9.80 Å². The summed E-state index contributed by atoms with van der Waals surface area (Å²) < 4.78 is 10.9. The van der Waals surface area contributed by atoms with E-state index >= 15 is 0 Å². The summed E-state index contributed by atoms with van der Waals surface area (Å²) in [6.07, 6.45) is 0. The molecular weight excluding hydrogens is 258 g/mol. The van der Waals surface area contributed by atoms with Gasteiger partial charge in [-0.1, -0.05) is 5.16 Å². The maximum atomic E-state index is 5.48. The van der Waals surface area contributed by atoms with E-state index in [1.54, 1.807) is 0 Å². The summed E-state index contributed by atoms with van der Waals surface area (Å²) in [6, 6.07) is 0.361. The van der Waals surface area contributed by atoms with Gasteiger partial charge in [0, 0.05) is 32.7 Å². The molecule has 0 aromatic carbocycles. The van der Waals surface area contributed by atoms with Gasteiger partial charge in [-0.15, -0.1) is 0 Å². The highest BCUT2D eigenvalue weighted by Crippen LogP contribution is 2.23. The average Bonchev–Trinajstić information content (AvgIpc) is 2.97. The van der Waals surface area contributed by atoms with Gasteiger partial charge in [0.05, 0.1) is 25.3 Å². The van der Waals surface area contributed by atoms with E-state index < -0.39 is 0 Å². The van der Waals surface area contributed by atoms with Crippen molar-refractivity contribution < 1.29 is 9.26 Å². The Kier molecular flexibility index (Phi) is 4.30. The molecule has 1 N–H and O–H groups in total. The summed E-state index contributed by atoms with van der Waals surface area (Å²) in [5.41, 5.74) is 0. The molecule has 7 nitrogen and oxygen atoms in total. The number of rotatable bonds is 3. The van der Waals surface area contributed by atoms with Crippen LogP contribution in [0.4, 0.5) is 0 Å². The molecule has 0 spiro atoms. The first-order valence-electron chi connectivity index (χ1n) is 7.32. The number of likely N-dealkylation sites (N-methyl/N-ethyl adjacent to an activating group) is 1. The van der Waals surface area contributed by atoms with Crippen molar-refractivity contribution in [2.75, 3.05) is 53.0 Å². The van der Waals surface area contributed by atoms with E-state index in [-0.39, 0.29) is 12.1 Å². The quantitative estimate of drug-likeness (QED) is 0.839. The molecule has 2 aliphatic rings. The number of nitrogens with one attached hydrogen (secondary N) is 1. The minimum atomic E-state index is 0.155. The predicted octanol–water partition coefficient (Wildman–Crippen LogP) is 0.0389. The van der Waals surface area contributed by atoms with E-state index in [1.807, 2.05) is 0 Å². The third-order valence-electron chi connectivity index (χ3n) is 4.22. The van der Waals surface area contributed by atoms with Gasteiger partial charge in [0.2, 0.25) is 5.89 Å². The van der Waals surface area contributed by atoms with Crippen molar-refractivity contribution in [2.24, 2.45) is 0 Å². The molecule has 0 bridgehead atoms. The Balaban J connectivity index is 1.69. The summed E-state index contributed by atoms with van der Waals surface area (Å²) in [5.74, 6) is 1.50. The van der Waals surface area contributed by atoms with E-state index in [9.17, 15) is 0 Å². The van der Waals surface area contributed by atoms with Crippen LogP contribution in [0.3, 0.4) is 0 Å². The maximum absolute atomic E-state index is 5.48. The second-order valence-corrected chi connectivity index (χ2v) is 5.52. The zero-order chi connectivity index (χ0) is 13.9. The molecule has 7 heteroatoms. The van der Waals surface area contributed by atoms with Crippen LogP contribution in [0.2, 0.25) is 0 Å². The first-order chi connectivity index (χ1) is 9.75. The van der Waals surface area contributed by atoms with Crippen molar-refractivity contribution in [3.05, 3.63) is 11.7 Å². The van der Waals surface area contributed by atoms with Gasteiger partial charge in [-0.05, 0) is 14.0 Å². The number of hydrogen-bond donors (Lipinski definition) is 1. The number of aromatic nitrogens is 2. The van der Waals surface area contributed by atoms with Crippen molar-refractivity contribution in [1.29, 1.82) is 0 Å². The summed E-state index contributed by atoms with van der Waals surface area (Å²) >= 11 is 0. The average molecular weight is 281 g/mol. The van der Waals surface area contributed by atoms with E-state index in [0.717, 1.165) is 51.8 Å². The lowest BCUT2D eigenvalue weighted by Gasteiger charge is -2.31. The van der Waals surface area contributed by atoms with Crippen LogP contribution in [0.1, 0.15) is 30.7 Å². The number of piperazine rings is 1. The molecule has 1 aromatic heterocycles. The molecule has 0 radical (unpaired) electrons. The monoisotopic (exact) mass is 281 g/mol. The Labute approximate surface area is 119 Å². The van der Waals surface area contributed by atoms with Crippen LogP contribution in [-0.4, -0.2) is 72.9 Å². The van der Waals surface area contributed by atoms with Gasteiger partial charge in [-0.2, -0.15) is 4.98 Å². The summed E-state index contributed by atoms with van der Waals surface area (Å²) in [7, 11) is 2.10. The topological polar surface area (TPSA) is 66.7 Å². The molecule has 0 aliphatic carbocycles. The van der Waals surface area contributed by atoms with Gasteiger partial charge in [0.1, 0.15) is 0 Å². The highest BCUT2D eigenvalue weighted by Gasteiger charge is 2.28. The molecule has 1 aromatic rings. The van der Waals surface area contributed by atoms with Gasteiger partial charge >= 0.3 is 0 Å². The second-order valence-electron chi connectivity index (χ2n) is 5.52. The highest BCUT2D eigenvalue weighted by molar-refractivity contribution is 5.00. The van der Waals surface area contributed by atoms with Crippen molar-refractivity contribution in [1.82, 2.24) is 25.3 Å². The second kappa shape index (κ2) is 6.17. The predicted molar refractivity (Wildman–Crippen MR) is 73.3 cm³/mol. The zero-order valence-corrected chi connectivity index (χ0v) is 12.2. The highest BCUT2D eigenvalue weighted by atomic mass is 16.5. The van der Waals surface area contributed by atoms with Gasteiger partial charge < -0.3 is 14.6 Å². The number of hydrogen-bond acceptors (Lipinski definition) is 7. The van der Waals surface area contributed by atoms with Gasteiger partial charge in [0.15, 0.2) is 5.82 Å². The molecule has 2 unspecified atom stereocenters.